The second-order valence-corrected chi connectivity index (χ2v) is 10.1. The summed E-state index contributed by atoms with van der Waals surface area (Å²) in [5.74, 6) is 2.91. The van der Waals surface area contributed by atoms with Crippen LogP contribution in [0.4, 0.5) is 39.2 Å². The Labute approximate surface area is 221 Å². The summed E-state index contributed by atoms with van der Waals surface area (Å²) in [5, 5.41) is 9.39. The minimum absolute atomic E-state index is 0.0309. The molecule has 10 nitrogen and oxygen atoms in total. The van der Waals surface area contributed by atoms with E-state index in [-0.39, 0.29) is 11.8 Å². The fraction of sp³-hybridized carbons (Fsp3) is 0.444. The van der Waals surface area contributed by atoms with Crippen LogP contribution in [0.1, 0.15) is 19.3 Å². The molecule has 2 aliphatic heterocycles. The van der Waals surface area contributed by atoms with Crippen molar-refractivity contribution in [2.45, 2.75) is 19.3 Å². The lowest BCUT2D eigenvalue weighted by atomic mass is 9.86. The van der Waals surface area contributed by atoms with Gasteiger partial charge < -0.3 is 35.2 Å². The SMILES string of the molecule is CN1CCN(c2cc(Nc3ncc(F)c(Nc4ccc5c(n4)NCCO5)n3)cc(OCC3CCC3)c2)CC1. The van der Waals surface area contributed by atoms with Gasteiger partial charge in [-0.3, -0.25) is 0 Å². The predicted molar refractivity (Wildman–Crippen MR) is 146 cm³/mol. The molecule has 1 aromatic carbocycles. The fourth-order valence-corrected chi connectivity index (χ4v) is 4.71. The zero-order valence-electron chi connectivity index (χ0n) is 21.5. The normalized spacial score (nSPS) is 17.6. The van der Waals surface area contributed by atoms with Crippen LogP contribution < -0.4 is 30.3 Å². The van der Waals surface area contributed by atoms with Gasteiger partial charge in [-0.05, 0) is 44.0 Å². The molecule has 0 spiro atoms. The van der Waals surface area contributed by atoms with Gasteiger partial charge in [0.2, 0.25) is 5.95 Å². The van der Waals surface area contributed by atoms with Crippen LogP contribution in [0.2, 0.25) is 0 Å². The molecular weight excluding hydrogens is 487 g/mol. The van der Waals surface area contributed by atoms with Gasteiger partial charge in [-0.1, -0.05) is 6.42 Å². The van der Waals surface area contributed by atoms with Crippen molar-refractivity contribution in [3.63, 3.8) is 0 Å². The molecule has 3 N–H and O–H groups in total. The number of fused-ring (bicyclic) bond motifs is 1. The first kappa shape index (κ1) is 24.5. The van der Waals surface area contributed by atoms with Crippen LogP contribution in [0.25, 0.3) is 0 Å². The summed E-state index contributed by atoms with van der Waals surface area (Å²) in [6.45, 7) is 5.86. The average Bonchev–Trinajstić information content (AvgIpc) is 2.90. The number of piperazine rings is 1. The number of likely N-dealkylation sites (N-methyl/N-ethyl adjacent to an activating group) is 1. The first-order valence-corrected chi connectivity index (χ1v) is 13.2. The molecule has 11 heteroatoms. The third kappa shape index (κ3) is 5.67. The summed E-state index contributed by atoms with van der Waals surface area (Å²) in [5.41, 5.74) is 1.87. The summed E-state index contributed by atoms with van der Waals surface area (Å²) in [7, 11) is 2.14. The molecule has 0 unspecified atom stereocenters. The zero-order chi connectivity index (χ0) is 25.9. The number of hydrogen-bond acceptors (Lipinski definition) is 10. The lowest BCUT2D eigenvalue weighted by Crippen LogP contribution is -2.44. The number of ether oxygens (including phenoxy) is 2. The Bertz CT molecular complexity index is 1280. The van der Waals surface area contributed by atoms with E-state index in [0.29, 0.717) is 36.5 Å². The number of nitrogens with one attached hydrogen (secondary N) is 3. The van der Waals surface area contributed by atoms with Gasteiger partial charge in [0.1, 0.15) is 18.2 Å². The van der Waals surface area contributed by atoms with Crippen LogP contribution in [-0.2, 0) is 0 Å². The van der Waals surface area contributed by atoms with Gasteiger partial charge in [-0.2, -0.15) is 4.98 Å². The van der Waals surface area contributed by atoms with E-state index < -0.39 is 5.82 Å². The number of hydrogen-bond donors (Lipinski definition) is 3. The van der Waals surface area contributed by atoms with Gasteiger partial charge >= 0.3 is 0 Å². The third-order valence-electron chi connectivity index (χ3n) is 7.23. The van der Waals surface area contributed by atoms with E-state index in [2.05, 4.69) is 59.9 Å². The number of halogens is 1. The summed E-state index contributed by atoms with van der Waals surface area (Å²) in [6.07, 6.45) is 4.89. The molecule has 38 heavy (non-hydrogen) atoms. The lowest BCUT2D eigenvalue weighted by molar-refractivity contribution is 0.180. The monoisotopic (exact) mass is 520 g/mol. The van der Waals surface area contributed by atoms with Gasteiger partial charge in [-0.15, -0.1) is 0 Å². The molecule has 0 amide bonds. The van der Waals surface area contributed by atoms with E-state index in [1.807, 2.05) is 6.07 Å². The van der Waals surface area contributed by atoms with E-state index in [0.717, 1.165) is 56.1 Å². The molecule has 0 bridgehead atoms. The largest absolute Gasteiger partial charge is 0.493 e. The molecular formula is C27H33FN8O2. The second kappa shape index (κ2) is 10.9. The van der Waals surface area contributed by atoms with E-state index in [9.17, 15) is 4.39 Å². The summed E-state index contributed by atoms with van der Waals surface area (Å²) < 4.78 is 26.4. The van der Waals surface area contributed by atoms with Crippen molar-refractivity contribution < 1.29 is 13.9 Å². The first-order chi connectivity index (χ1) is 18.6. The quantitative estimate of drug-likeness (QED) is 0.400. The van der Waals surface area contributed by atoms with Crippen molar-refractivity contribution in [2.24, 2.45) is 5.92 Å². The van der Waals surface area contributed by atoms with E-state index in [1.165, 1.54) is 19.3 Å². The van der Waals surface area contributed by atoms with Crippen LogP contribution in [0.5, 0.6) is 11.5 Å². The van der Waals surface area contributed by atoms with Gasteiger partial charge in [0, 0.05) is 49.7 Å². The molecule has 0 radical (unpaired) electrons. The van der Waals surface area contributed by atoms with Gasteiger partial charge in [0.05, 0.1) is 19.3 Å². The summed E-state index contributed by atoms with van der Waals surface area (Å²) >= 11 is 0. The van der Waals surface area contributed by atoms with Crippen molar-refractivity contribution in [2.75, 3.05) is 73.8 Å². The van der Waals surface area contributed by atoms with E-state index >= 15 is 0 Å². The van der Waals surface area contributed by atoms with Crippen LogP contribution >= 0.6 is 0 Å². The predicted octanol–water partition coefficient (Wildman–Crippen LogP) is 4.23. The number of rotatable bonds is 8. The molecule has 3 aromatic rings. The number of pyridine rings is 1. The molecule has 1 aliphatic carbocycles. The molecule has 1 saturated carbocycles. The molecule has 200 valence electrons. The molecule has 0 atom stereocenters. The standard InChI is InChI=1S/C27H33FN8O2/c1-35-8-10-36(11-9-35)20-13-19(14-21(15-20)38-17-18-3-2-4-18)31-27-30-16-22(28)25(34-27)32-24-6-5-23-26(33-24)29-7-12-37-23/h5-6,13-16,18H,2-4,7-12,17H2,1H3,(H3,29,30,31,32,33,34). The van der Waals surface area contributed by atoms with Crippen LogP contribution in [0, 0.1) is 11.7 Å². The molecule has 2 fully saturated rings. The maximum absolute atomic E-state index is 14.6. The maximum atomic E-state index is 14.6. The number of aromatic nitrogens is 3. The van der Waals surface area contributed by atoms with Crippen molar-refractivity contribution in [1.29, 1.82) is 0 Å². The molecule has 6 rings (SSSR count). The first-order valence-electron chi connectivity index (χ1n) is 13.2. The smallest absolute Gasteiger partial charge is 0.229 e. The minimum atomic E-state index is -0.574. The average molecular weight is 521 g/mol. The molecule has 1 saturated heterocycles. The molecule has 2 aromatic heterocycles. The van der Waals surface area contributed by atoms with Crippen LogP contribution in [-0.4, -0.2) is 72.8 Å². The van der Waals surface area contributed by atoms with E-state index in [4.69, 9.17) is 9.47 Å². The Morgan fingerprint density at radius 3 is 2.79 bits per heavy atom. The Hall–Kier alpha value is -3.86. The lowest BCUT2D eigenvalue weighted by Gasteiger charge is -2.34. The van der Waals surface area contributed by atoms with Crippen molar-refractivity contribution >= 4 is 34.8 Å². The van der Waals surface area contributed by atoms with Gasteiger partial charge in [-0.25, -0.2) is 14.4 Å². The minimum Gasteiger partial charge on any atom is -0.493 e. The summed E-state index contributed by atoms with van der Waals surface area (Å²) in [6, 6.07) is 9.65. The van der Waals surface area contributed by atoms with Gasteiger partial charge in [0.15, 0.2) is 23.2 Å². The highest BCUT2D eigenvalue weighted by Crippen LogP contribution is 2.33. The Kier molecular flexibility index (Phi) is 7.00. The number of benzene rings is 1. The highest BCUT2D eigenvalue weighted by Gasteiger charge is 2.20. The van der Waals surface area contributed by atoms with Crippen molar-refractivity contribution in [1.82, 2.24) is 19.9 Å². The number of nitrogens with zero attached hydrogens (tertiary/aromatic N) is 5. The zero-order valence-corrected chi connectivity index (χ0v) is 21.5. The molecule has 4 heterocycles. The highest BCUT2D eigenvalue weighted by atomic mass is 19.1. The molecule has 3 aliphatic rings. The van der Waals surface area contributed by atoms with Crippen LogP contribution in [0.3, 0.4) is 0 Å². The van der Waals surface area contributed by atoms with Gasteiger partial charge in [0.25, 0.3) is 0 Å². The fourth-order valence-electron chi connectivity index (χ4n) is 4.71. The topological polar surface area (TPSA) is 99.7 Å². The van der Waals surface area contributed by atoms with E-state index in [1.54, 1.807) is 12.1 Å². The second-order valence-electron chi connectivity index (χ2n) is 10.1. The summed E-state index contributed by atoms with van der Waals surface area (Å²) in [4.78, 5) is 17.7. The third-order valence-corrected chi connectivity index (χ3v) is 7.23. The highest BCUT2D eigenvalue weighted by molar-refractivity contribution is 5.67. The number of anilines is 6. The Balaban J connectivity index is 1.22. The van der Waals surface area contributed by atoms with Crippen LogP contribution in [0.15, 0.2) is 36.5 Å². The Morgan fingerprint density at radius 1 is 1.11 bits per heavy atom. The Morgan fingerprint density at radius 2 is 1.97 bits per heavy atom. The maximum Gasteiger partial charge on any atom is 0.229 e. The van der Waals surface area contributed by atoms with Crippen molar-refractivity contribution in [3.8, 4) is 11.5 Å². The van der Waals surface area contributed by atoms with Crippen molar-refractivity contribution in [3.05, 3.63) is 42.3 Å².